The van der Waals surface area contributed by atoms with Gasteiger partial charge in [0, 0.05) is 25.2 Å². The first kappa shape index (κ1) is 12.3. The average molecular weight is 244 g/mol. The number of amides is 1. The Morgan fingerprint density at radius 1 is 1.33 bits per heavy atom. The quantitative estimate of drug-likeness (QED) is 0.812. The summed E-state index contributed by atoms with van der Waals surface area (Å²) in [5.41, 5.74) is 12.5. The van der Waals surface area contributed by atoms with Gasteiger partial charge in [-0.3, -0.25) is 9.48 Å². The van der Waals surface area contributed by atoms with Gasteiger partial charge < -0.3 is 11.5 Å². The summed E-state index contributed by atoms with van der Waals surface area (Å²) in [5.74, 6) is -0.294. The lowest BCUT2D eigenvalue weighted by molar-refractivity contribution is 0.1000. The third-order valence-corrected chi connectivity index (χ3v) is 2.88. The molecule has 0 aliphatic heterocycles. The van der Waals surface area contributed by atoms with Crippen LogP contribution in [0.1, 0.15) is 21.8 Å². The van der Waals surface area contributed by atoms with Crippen LogP contribution in [0.25, 0.3) is 0 Å². The van der Waals surface area contributed by atoms with Gasteiger partial charge in [0.1, 0.15) is 0 Å². The Morgan fingerprint density at radius 2 is 2.06 bits per heavy atom. The second kappa shape index (κ2) is 5.46. The Balaban J connectivity index is 2.13. The molecule has 1 heterocycles. The van der Waals surface area contributed by atoms with Gasteiger partial charge in [0.15, 0.2) is 0 Å². The van der Waals surface area contributed by atoms with Crippen LogP contribution >= 0.6 is 0 Å². The van der Waals surface area contributed by atoms with Gasteiger partial charge in [-0.05, 0) is 5.56 Å². The van der Waals surface area contributed by atoms with Gasteiger partial charge in [-0.2, -0.15) is 5.10 Å². The van der Waals surface area contributed by atoms with Crippen molar-refractivity contribution < 1.29 is 4.79 Å². The molecule has 2 rings (SSSR count). The van der Waals surface area contributed by atoms with Gasteiger partial charge in [0.25, 0.3) is 5.91 Å². The maximum Gasteiger partial charge on any atom is 0.251 e. The Bertz CT molecular complexity index is 521. The zero-order chi connectivity index (χ0) is 13.0. The van der Waals surface area contributed by atoms with Crippen LogP contribution in [-0.4, -0.2) is 22.2 Å². The van der Waals surface area contributed by atoms with E-state index in [1.165, 1.54) is 6.20 Å². The van der Waals surface area contributed by atoms with E-state index in [-0.39, 0.29) is 5.92 Å². The van der Waals surface area contributed by atoms with E-state index in [2.05, 4.69) is 5.10 Å². The van der Waals surface area contributed by atoms with Crippen molar-refractivity contribution in [2.24, 2.45) is 11.5 Å². The number of hydrogen-bond donors (Lipinski definition) is 2. The van der Waals surface area contributed by atoms with Crippen LogP contribution in [0.5, 0.6) is 0 Å². The first-order chi connectivity index (χ1) is 8.70. The predicted molar refractivity (Wildman–Crippen MR) is 69.0 cm³/mol. The summed E-state index contributed by atoms with van der Waals surface area (Å²) in [6.45, 7) is 1.16. The molecule has 94 valence electrons. The van der Waals surface area contributed by atoms with Crippen LogP contribution in [0.2, 0.25) is 0 Å². The van der Waals surface area contributed by atoms with Crippen molar-refractivity contribution >= 4 is 5.91 Å². The van der Waals surface area contributed by atoms with E-state index < -0.39 is 5.91 Å². The number of nitrogens with zero attached hydrogens (tertiary/aromatic N) is 2. The van der Waals surface area contributed by atoms with E-state index >= 15 is 0 Å². The highest BCUT2D eigenvalue weighted by Crippen LogP contribution is 2.16. The van der Waals surface area contributed by atoms with Crippen molar-refractivity contribution in [3.05, 3.63) is 53.9 Å². The van der Waals surface area contributed by atoms with Crippen molar-refractivity contribution in [2.75, 3.05) is 6.54 Å². The first-order valence-corrected chi connectivity index (χ1v) is 5.78. The van der Waals surface area contributed by atoms with E-state index in [1.54, 1.807) is 10.9 Å². The van der Waals surface area contributed by atoms with Gasteiger partial charge in [0.05, 0.1) is 11.8 Å². The number of carbonyl (C=O) groups excluding carboxylic acids is 1. The smallest absolute Gasteiger partial charge is 0.251 e. The molecule has 0 radical (unpaired) electrons. The highest BCUT2D eigenvalue weighted by atomic mass is 16.1. The van der Waals surface area contributed by atoms with Crippen LogP contribution in [0, 0.1) is 0 Å². The first-order valence-electron chi connectivity index (χ1n) is 5.78. The molecule has 0 fully saturated rings. The Hall–Kier alpha value is -2.14. The minimum Gasteiger partial charge on any atom is -0.366 e. The van der Waals surface area contributed by atoms with E-state index in [0.717, 1.165) is 5.56 Å². The number of rotatable bonds is 5. The zero-order valence-electron chi connectivity index (χ0n) is 9.99. The summed E-state index contributed by atoms with van der Waals surface area (Å²) in [4.78, 5) is 11.0. The molecular weight excluding hydrogens is 228 g/mol. The number of nitrogens with two attached hydrogens (primary N) is 2. The summed E-state index contributed by atoms with van der Waals surface area (Å²) in [5, 5.41) is 4.11. The Labute approximate surface area is 105 Å². The van der Waals surface area contributed by atoms with Gasteiger partial charge >= 0.3 is 0 Å². The molecule has 1 unspecified atom stereocenters. The van der Waals surface area contributed by atoms with Gasteiger partial charge in [-0.1, -0.05) is 30.3 Å². The fourth-order valence-corrected chi connectivity index (χ4v) is 1.86. The average Bonchev–Trinajstić information content (AvgIpc) is 2.86. The molecule has 5 heteroatoms. The molecule has 2 aromatic rings. The minimum absolute atomic E-state index is 0.173. The Kier molecular flexibility index (Phi) is 3.74. The summed E-state index contributed by atoms with van der Waals surface area (Å²) in [7, 11) is 0. The third kappa shape index (κ3) is 2.75. The lowest BCUT2D eigenvalue weighted by Crippen LogP contribution is -2.18. The van der Waals surface area contributed by atoms with Crippen molar-refractivity contribution in [3.8, 4) is 0 Å². The van der Waals surface area contributed by atoms with Crippen molar-refractivity contribution in [3.63, 3.8) is 0 Å². The van der Waals surface area contributed by atoms with Gasteiger partial charge in [0.2, 0.25) is 0 Å². The van der Waals surface area contributed by atoms with Crippen molar-refractivity contribution in [2.45, 2.75) is 12.5 Å². The van der Waals surface area contributed by atoms with Crippen LogP contribution < -0.4 is 11.5 Å². The van der Waals surface area contributed by atoms with E-state index in [9.17, 15) is 4.79 Å². The van der Waals surface area contributed by atoms with Gasteiger partial charge in [-0.25, -0.2) is 0 Å². The number of benzene rings is 1. The molecule has 4 N–H and O–H groups in total. The second-order valence-electron chi connectivity index (χ2n) is 4.16. The molecule has 1 aromatic carbocycles. The molecule has 0 aliphatic rings. The van der Waals surface area contributed by atoms with Crippen molar-refractivity contribution in [1.29, 1.82) is 0 Å². The van der Waals surface area contributed by atoms with Crippen molar-refractivity contribution in [1.82, 2.24) is 9.78 Å². The van der Waals surface area contributed by atoms with Crippen LogP contribution in [0.15, 0.2) is 42.7 Å². The molecule has 5 nitrogen and oxygen atoms in total. The molecule has 18 heavy (non-hydrogen) atoms. The molecule has 0 saturated heterocycles. The largest absolute Gasteiger partial charge is 0.366 e. The monoisotopic (exact) mass is 244 g/mol. The number of hydrogen-bond acceptors (Lipinski definition) is 3. The number of aromatic nitrogens is 2. The van der Waals surface area contributed by atoms with E-state index in [4.69, 9.17) is 11.5 Å². The minimum atomic E-state index is -0.467. The van der Waals surface area contributed by atoms with Gasteiger partial charge in [-0.15, -0.1) is 0 Å². The zero-order valence-corrected chi connectivity index (χ0v) is 9.99. The Morgan fingerprint density at radius 3 is 2.61 bits per heavy atom. The van der Waals surface area contributed by atoms with Crippen LogP contribution in [0.3, 0.4) is 0 Å². The summed E-state index contributed by atoms with van der Waals surface area (Å²) < 4.78 is 1.70. The summed E-state index contributed by atoms with van der Waals surface area (Å²) >= 11 is 0. The predicted octanol–water partition coefficient (Wildman–Crippen LogP) is 0.725. The molecule has 0 aliphatic carbocycles. The molecule has 1 atom stereocenters. The SMILES string of the molecule is NCC(Cn1cc(C(N)=O)cn1)c1ccccc1. The lowest BCUT2D eigenvalue weighted by Gasteiger charge is -2.15. The maximum atomic E-state index is 11.0. The highest BCUT2D eigenvalue weighted by molar-refractivity contribution is 5.92. The van der Waals surface area contributed by atoms with Crippen LogP contribution in [-0.2, 0) is 6.54 Å². The highest BCUT2D eigenvalue weighted by Gasteiger charge is 2.12. The third-order valence-electron chi connectivity index (χ3n) is 2.88. The maximum absolute atomic E-state index is 11.0. The second-order valence-corrected chi connectivity index (χ2v) is 4.16. The standard InChI is InChI=1S/C13H16N4O/c14-6-11(10-4-2-1-3-5-10)8-17-9-12(7-16-17)13(15)18/h1-5,7,9,11H,6,8,14H2,(H2,15,18). The topological polar surface area (TPSA) is 86.9 Å². The summed E-state index contributed by atoms with van der Waals surface area (Å²) in [6, 6.07) is 10.0. The lowest BCUT2D eigenvalue weighted by atomic mass is 9.99. The molecule has 0 saturated carbocycles. The molecule has 1 aromatic heterocycles. The number of carbonyl (C=O) groups is 1. The normalized spacial score (nSPS) is 12.3. The summed E-state index contributed by atoms with van der Waals surface area (Å²) in [6.07, 6.45) is 3.12. The molecular formula is C13H16N4O. The molecule has 0 bridgehead atoms. The van der Waals surface area contributed by atoms with Crippen LogP contribution in [0.4, 0.5) is 0 Å². The number of primary amides is 1. The van der Waals surface area contributed by atoms with E-state index in [0.29, 0.717) is 18.7 Å². The fraction of sp³-hybridized carbons (Fsp3) is 0.231. The molecule has 1 amide bonds. The fourth-order valence-electron chi connectivity index (χ4n) is 1.86. The van der Waals surface area contributed by atoms with E-state index in [1.807, 2.05) is 30.3 Å². The molecule has 0 spiro atoms.